The number of amides is 1. The number of likely N-dealkylation sites (N-methyl/N-ethyl adjacent to an activating group) is 1. The van der Waals surface area contributed by atoms with Crippen LogP contribution in [0, 0.1) is 0 Å². The van der Waals surface area contributed by atoms with Gasteiger partial charge in [-0.15, -0.1) is 0 Å². The second-order valence-corrected chi connectivity index (χ2v) is 5.03. The molecular weight excluding hydrogens is 252 g/mol. The van der Waals surface area contributed by atoms with Gasteiger partial charge in [0.1, 0.15) is 6.04 Å². The van der Waals surface area contributed by atoms with Crippen LogP contribution < -0.4 is 0 Å². The smallest absolute Gasteiger partial charge is 0.265 e. The summed E-state index contributed by atoms with van der Waals surface area (Å²) in [5.41, 5.74) is 2.35. The molecule has 0 aromatic heterocycles. The van der Waals surface area contributed by atoms with Gasteiger partial charge in [-0.3, -0.25) is 14.5 Å². The summed E-state index contributed by atoms with van der Waals surface area (Å²) in [4.78, 5) is 19.6. The molecule has 1 atom stereocenters. The van der Waals surface area contributed by atoms with Crippen LogP contribution in [0.3, 0.4) is 0 Å². The summed E-state index contributed by atoms with van der Waals surface area (Å²) in [5, 5.41) is 2.23. The van der Waals surface area contributed by atoms with Gasteiger partial charge in [-0.05, 0) is 24.1 Å². The zero-order valence-corrected chi connectivity index (χ0v) is 11.0. The molecule has 1 amide bonds. The third-order valence-electron chi connectivity index (χ3n) is 3.60. The first-order chi connectivity index (χ1) is 8.70. The lowest BCUT2D eigenvalue weighted by atomic mass is 10.1. The molecule has 0 N–H and O–H groups in total. The van der Waals surface area contributed by atoms with E-state index in [9.17, 15) is 4.79 Å². The number of nitrogens with zero attached hydrogens (tertiary/aromatic N) is 2. The maximum atomic E-state index is 12.1. The van der Waals surface area contributed by atoms with Gasteiger partial charge in [0.05, 0.1) is 6.61 Å². The van der Waals surface area contributed by atoms with Crippen LogP contribution >= 0.6 is 11.6 Å². The highest BCUT2D eigenvalue weighted by molar-refractivity contribution is 6.31. The van der Waals surface area contributed by atoms with Gasteiger partial charge in [-0.1, -0.05) is 23.7 Å². The Balaban J connectivity index is 1.79. The number of halogens is 1. The highest BCUT2D eigenvalue weighted by Crippen LogP contribution is 2.31. The zero-order chi connectivity index (χ0) is 12.7. The van der Waals surface area contributed by atoms with Crippen molar-refractivity contribution >= 4 is 17.5 Å². The molecule has 0 radical (unpaired) electrons. The average molecular weight is 267 g/mol. The Morgan fingerprint density at radius 1 is 1.44 bits per heavy atom. The van der Waals surface area contributed by atoms with Gasteiger partial charge in [0.2, 0.25) is 0 Å². The topological polar surface area (TPSA) is 32.8 Å². The number of benzene rings is 1. The van der Waals surface area contributed by atoms with Crippen LogP contribution in [0.1, 0.15) is 18.1 Å². The first-order valence-corrected chi connectivity index (χ1v) is 6.53. The van der Waals surface area contributed by atoms with Crippen molar-refractivity contribution in [2.24, 2.45) is 0 Å². The van der Waals surface area contributed by atoms with Crippen molar-refractivity contribution in [3.05, 3.63) is 34.3 Å². The minimum atomic E-state index is -0.173. The van der Waals surface area contributed by atoms with Crippen LogP contribution in [0.4, 0.5) is 0 Å². The normalized spacial score (nSPS) is 23.8. The lowest BCUT2D eigenvalue weighted by molar-refractivity contribution is -0.160. The Morgan fingerprint density at radius 3 is 2.94 bits per heavy atom. The first kappa shape index (κ1) is 12.0. The van der Waals surface area contributed by atoms with Crippen molar-refractivity contribution in [1.29, 1.82) is 0 Å². The molecule has 3 rings (SSSR count). The summed E-state index contributed by atoms with van der Waals surface area (Å²) < 4.78 is 0. The zero-order valence-electron chi connectivity index (χ0n) is 10.2. The van der Waals surface area contributed by atoms with E-state index in [1.165, 1.54) is 10.6 Å². The fourth-order valence-electron chi connectivity index (χ4n) is 2.60. The molecule has 1 fully saturated rings. The Hall–Kier alpha value is -1.10. The number of hydrogen-bond acceptors (Lipinski definition) is 3. The predicted molar refractivity (Wildman–Crippen MR) is 67.8 cm³/mol. The van der Waals surface area contributed by atoms with Crippen molar-refractivity contribution < 1.29 is 9.63 Å². The quantitative estimate of drug-likeness (QED) is 0.819. The van der Waals surface area contributed by atoms with E-state index in [1.54, 1.807) is 0 Å². The number of hydroxylamine groups is 2. The lowest BCUT2D eigenvalue weighted by Crippen LogP contribution is -2.40. The van der Waals surface area contributed by atoms with Crippen molar-refractivity contribution in [1.82, 2.24) is 9.96 Å². The van der Waals surface area contributed by atoms with Gasteiger partial charge < -0.3 is 0 Å². The highest BCUT2D eigenvalue weighted by Gasteiger charge is 2.39. The van der Waals surface area contributed by atoms with Gasteiger partial charge in [0.15, 0.2) is 0 Å². The summed E-state index contributed by atoms with van der Waals surface area (Å²) in [5.74, 6) is 0.0569. The molecule has 96 valence electrons. The van der Waals surface area contributed by atoms with Gasteiger partial charge in [0.25, 0.3) is 5.91 Å². The number of carbonyl (C=O) groups is 1. The molecule has 2 heterocycles. The Labute approximate surface area is 111 Å². The second-order valence-electron chi connectivity index (χ2n) is 4.63. The van der Waals surface area contributed by atoms with Crippen molar-refractivity contribution in [2.75, 3.05) is 13.2 Å². The molecule has 1 aromatic rings. The molecule has 5 heteroatoms. The minimum absolute atomic E-state index is 0.0569. The summed E-state index contributed by atoms with van der Waals surface area (Å²) >= 11 is 6.18. The van der Waals surface area contributed by atoms with Crippen LogP contribution in [-0.2, 0) is 22.7 Å². The number of carbonyl (C=O) groups excluding carboxylic acids is 1. The van der Waals surface area contributed by atoms with E-state index in [4.69, 9.17) is 16.4 Å². The molecule has 1 saturated heterocycles. The number of hydrogen-bond donors (Lipinski definition) is 0. The van der Waals surface area contributed by atoms with Crippen LogP contribution in [-0.4, -0.2) is 35.1 Å². The highest BCUT2D eigenvalue weighted by atomic mass is 35.5. The van der Waals surface area contributed by atoms with E-state index in [0.29, 0.717) is 13.2 Å². The standard InChI is InChI=1S/C13H15ClN2O2/c1-2-16-13(17)12(8-18-16)15-6-9-4-3-5-11(14)10(9)7-15/h3-5,12H,2,6-8H2,1H3. The molecule has 4 nitrogen and oxygen atoms in total. The maximum absolute atomic E-state index is 12.1. The average Bonchev–Trinajstić information content (AvgIpc) is 2.93. The van der Waals surface area contributed by atoms with Gasteiger partial charge in [0, 0.05) is 24.7 Å². The SMILES string of the molecule is CCN1OCC(N2Cc3cccc(Cl)c3C2)C1=O. The molecule has 0 bridgehead atoms. The van der Waals surface area contributed by atoms with Crippen LogP contribution in [0.5, 0.6) is 0 Å². The van der Waals surface area contributed by atoms with E-state index in [2.05, 4.69) is 11.0 Å². The predicted octanol–water partition coefficient (Wildman–Crippen LogP) is 1.82. The third kappa shape index (κ3) is 1.81. The van der Waals surface area contributed by atoms with Crippen molar-refractivity contribution in [3.8, 4) is 0 Å². The molecule has 0 aliphatic carbocycles. The van der Waals surface area contributed by atoms with Gasteiger partial charge >= 0.3 is 0 Å². The van der Waals surface area contributed by atoms with Gasteiger partial charge in [-0.2, -0.15) is 0 Å². The minimum Gasteiger partial charge on any atom is -0.281 e. The second kappa shape index (κ2) is 4.53. The van der Waals surface area contributed by atoms with E-state index in [0.717, 1.165) is 23.7 Å². The van der Waals surface area contributed by atoms with Crippen molar-refractivity contribution in [3.63, 3.8) is 0 Å². The summed E-state index contributed by atoms with van der Waals surface area (Å²) in [7, 11) is 0. The molecule has 1 aromatic carbocycles. The molecular formula is C13H15ClN2O2. The van der Waals surface area contributed by atoms with E-state index in [-0.39, 0.29) is 11.9 Å². The summed E-state index contributed by atoms with van der Waals surface area (Å²) in [6, 6.07) is 5.75. The number of rotatable bonds is 2. The van der Waals surface area contributed by atoms with Crippen LogP contribution in [0.15, 0.2) is 18.2 Å². The molecule has 1 unspecified atom stereocenters. The summed E-state index contributed by atoms with van der Waals surface area (Å²) in [6.07, 6.45) is 0. The molecule has 0 saturated carbocycles. The first-order valence-electron chi connectivity index (χ1n) is 6.15. The summed E-state index contributed by atoms with van der Waals surface area (Å²) in [6.45, 7) is 4.45. The van der Waals surface area contributed by atoms with E-state index in [1.807, 2.05) is 19.1 Å². The van der Waals surface area contributed by atoms with E-state index < -0.39 is 0 Å². The molecule has 2 aliphatic rings. The monoisotopic (exact) mass is 266 g/mol. The largest absolute Gasteiger partial charge is 0.281 e. The third-order valence-corrected chi connectivity index (χ3v) is 3.95. The maximum Gasteiger partial charge on any atom is 0.265 e. The van der Waals surface area contributed by atoms with E-state index >= 15 is 0 Å². The van der Waals surface area contributed by atoms with Crippen molar-refractivity contribution in [2.45, 2.75) is 26.1 Å². The van der Waals surface area contributed by atoms with Gasteiger partial charge in [-0.25, -0.2) is 5.06 Å². The Bertz CT molecular complexity index is 492. The number of fused-ring (bicyclic) bond motifs is 1. The molecule has 18 heavy (non-hydrogen) atoms. The molecule has 0 spiro atoms. The molecule has 2 aliphatic heterocycles. The van der Waals surface area contributed by atoms with Crippen LogP contribution in [0.25, 0.3) is 0 Å². The van der Waals surface area contributed by atoms with Crippen LogP contribution in [0.2, 0.25) is 5.02 Å². The Morgan fingerprint density at radius 2 is 2.28 bits per heavy atom. The fourth-order valence-corrected chi connectivity index (χ4v) is 2.85. The Kier molecular flexibility index (Phi) is 3.01. The fraction of sp³-hybridized carbons (Fsp3) is 0.462. The lowest BCUT2D eigenvalue weighted by Gasteiger charge is -2.20.